The van der Waals surface area contributed by atoms with Gasteiger partial charge in [0, 0.05) is 27.2 Å². The molecule has 1 aliphatic rings. The Morgan fingerprint density at radius 2 is 2.00 bits per heavy atom. The second-order valence-corrected chi connectivity index (χ2v) is 6.93. The first-order valence-corrected chi connectivity index (χ1v) is 8.95. The lowest BCUT2D eigenvalue weighted by Gasteiger charge is -2.28. The zero-order valence-electron chi connectivity index (χ0n) is 14.2. The quantitative estimate of drug-likeness (QED) is 0.917. The molecule has 0 aliphatic carbocycles. The van der Waals surface area contributed by atoms with Crippen molar-refractivity contribution in [1.82, 2.24) is 15.0 Å². The Kier molecular flexibility index (Phi) is 4.94. The number of carbonyl (C=O) groups excluding carboxylic acids is 1. The van der Waals surface area contributed by atoms with Crippen LogP contribution in [0.5, 0.6) is 0 Å². The first-order chi connectivity index (χ1) is 11.6. The van der Waals surface area contributed by atoms with Crippen LogP contribution in [-0.2, 0) is 0 Å². The van der Waals surface area contributed by atoms with E-state index in [2.05, 4.69) is 25.2 Å². The standard InChI is InChI=1S/C16H22N6OS/c1-11-13(24-10-18-11)15(23)19-12-9-17-16(20-14(12)21(2)3)22-7-5-4-6-8-22/h9-10H,4-8H2,1-3H3,(H,19,23). The van der Waals surface area contributed by atoms with Gasteiger partial charge in [0.25, 0.3) is 5.91 Å². The number of nitrogens with zero attached hydrogens (tertiary/aromatic N) is 5. The van der Waals surface area contributed by atoms with E-state index in [1.165, 1.54) is 30.6 Å². The van der Waals surface area contributed by atoms with Crippen molar-refractivity contribution in [3.8, 4) is 0 Å². The molecule has 0 aromatic carbocycles. The molecule has 3 rings (SSSR count). The molecule has 0 atom stereocenters. The summed E-state index contributed by atoms with van der Waals surface area (Å²) in [6.07, 6.45) is 5.30. The lowest BCUT2D eigenvalue weighted by atomic mass is 10.1. The SMILES string of the molecule is Cc1ncsc1C(=O)Nc1cnc(N2CCCCC2)nc1N(C)C. The van der Waals surface area contributed by atoms with Crippen LogP contribution in [0.4, 0.5) is 17.5 Å². The molecule has 3 heterocycles. The fourth-order valence-corrected chi connectivity index (χ4v) is 3.44. The van der Waals surface area contributed by atoms with E-state index in [4.69, 9.17) is 0 Å². The van der Waals surface area contributed by atoms with E-state index in [9.17, 15) is 4.79 Å². The first kappa shape index (κ1) is 16.6. The maximum Gasteiger partial charge on any atom is 0.267 e. The number of rotatable bonds is 4. The number of amides is 1. The summed E-state index contributed by atoms with van der Waals surface area (Å²) in [5.74, 6) is 1.26. The lowest BCUT2D eigenvalue weighted by Crippen LogP contribution is -2.31. The normalized spacial score (nSPS) is 14.5. The molecular formula is C16H22N6OS. The van der Waals surface area contributed by atoms with Gasteiger partial charge in [-0.25, -0.2) is 9.97 Å². The van der Waals surface area contributed by atoms with E-state index in [1.807, 2.05) is 25.9 Å². The summed E-state index contributed by atoms with van der Waals surface area (Å²) in [7, 11) is 3.83. The summed E-state index contributed by atoms with van der Waals surface area (Å²) >= 11 is 1.33. The maximum atomic E-state index is 12.4. The molecule has 0 unspecified atom stereocenters. The summed E-state index contributed by atoms with van der Waals surface area (Å²) in [6, 6.07) is 0. The van der Waals surface area contributed by atoms with Crippen LogP contribution in [0.2, 0.25) is 0 Å². The highest BCUT2D eigenvalue weighted by atomic mass is 32.1. The van der Waals surface area contributed by atoms with Crippen LogP contribution in [-0.4, -0.2) is 48.0 Å². The number of piperidine rings is 1. The van der Waals surface area contributed by atoms with Gasteiger partial charge in [0.1, 0.15) is 10.6 Å². The van der Waals surface area contributed by atoms with Gasteiger partial charge in [-0.15, -0.1) is 11.3 Å². The van der Waals surface area contributed by atoms with Crippen LogP contribution in [0.1, 0.15) is 34.6 Å². The third-order valence-electron chi connectivity index (χ3n) is 4.02. The highest BCUT2D eigenvalue weighted by molar-refractivity contribution is 7.12. The van der Waals surface area contributed by atoms with Gasteiger partial charge in [-0.3, -0.25) is 4.79 Å². The first-order valence-electron chi connectivity index (χ1n) is 8.07. The average molecular weight is 346 g/mol. The summed E-state index contributed by atoms with van der Waals surface area (Å²) < 4.78 is 0. The van der Waals surface area contributed by atoms with E-state index < -0.39 is 0 Å². The summed E-state index contributed by atoms with van der Waals surface area (Å²) in [4.78, 5) is 30.4. The average Bonchev–Trinajstić information content (AvgIpc) is 3.02. The predicted molar refractivity (Wildman–Crippen MR) is 97.2 cm³/mol. The fourth-order valence-electron chi connectivity index (χ4n) is 2.74. The molecule has 128 valence electrons. The van der Waals surface area contributed by atoms with Gasteiger partial charge in [0.2, 0.25) is 5.95 Å². The highest BCUT2D eigenvalue weighted by Crippen LogP contribution is 2.26. The van der Waals surface area contributed by atoms with E-state index in [0.29, 0.717) is 16.4 Å². The van der Waals surface area contributed by atoms with Gasteiger partial charge in [-0.2, -0.15) is 4.98 Å². The molecule has 7 nitrogen and oxygen atoms in total. The third kappa shape index (κ3) is 3.48. The largest absolute Gasteiger partial charge is 0.361 e. The van der Waals surface area contributed by atoms with Crippen LogP contribution in [0.15, 0.2) is 11.7 Å². The molecule has 0 spiro atoms. The van der Waals surface area contributed by atoms with E-state index in [-0.39, 0.29) is 5.91 Å². The van der Waals surface area contributed by atoms with Crippen LogP contribution in [0, 0.1) is 6.92 Å². The Balaban J connectivity index is 1.84. The van der Waals surface area contributed by atoms with Crippen molar-refractivity contribution in [2.45, 2.75) is 26.2 Å². The predicted octanol–water partition coefficient (Wildman–Crippen LogP) is 2.55. The number of carbonyl (C=O) groups is 1. The second-order valence-electron chi connectivity index (χ2n) is 6.07. The minimum Gasteiger partial charge on any atom is -0.361 e. The van der Waals surface area contributed by atoms with E-state index in [0.717, 1.165) is 24.7 Å². The van der Waals surface area contributed by atoms with Gasteiger partial charge in [0.05, 0.1) is 17.4 Å². The minimum absolute atomic E-state index is 0.174. The molecule has 2 aromatic heterocycles. The number of thiazole rings is 1. The fraction of sp³-hybridized carbons (Fsp3) is 0.500. The van der Waals surface area contributed by atoms with Crippen molar-refractivity contribution < 1.29 is 4.79 Å². The zero-order valence-corrected chi connectivity index (χ0v) is 15.1. The molecule has 0 bridgehead atoms. The number of hydrogen-bond donors (Lipinski definition) is 1. The number of anilines is 3. The molecule has 0 radical (unpaired) electrons. The van der Waals surface area contributed by atoms with Crippen molar-refractivity contribution in [2.24, 2.45) is 0 Å². The van der Waals surface area contributed by atoms with Crippen LogP contribution in [0.3, 0.4) is 0 Å². The molecule has 1 fully saturated rings. The van der Waals surface area contributed by atoms with Crippen molar-refractivity contribution in [3.63, 3.8) is 0 Å². The molecule has 2 aromatic rings. The molecule has 24 heavy (non-hydrogen) atoms. The Morgan fingerprint density at radius 1 is 1.25 bits per heavy atom. The van der Waals surface area contributed by atoms with Crippen LogP contribution >= 0.6 is 11.3 Å². The zero-order chi connectivity index (χ0) is 17.1. The van der Waals surface area contributed by atoms with Crippen molar-refractivity contribution in [3.05, 3.63) is 22.3 Å². The Morgan fingerprint density at radius 3 is 2.62 bits per heavy atom. The summed E-state index contributed by atoms with van der Waals surface area (Å²) in [6.45, 7) is 3.80. The number of aryl methyl sites for hydroxylation is 1. The number of aromatic nitrogens is 3. The van der Waals surface area contributed by atoms with Crippen LogP contribution in [0.25, 0.3) is 0 Å². The Hall–Kier alpha value is -2.22. The molecule has 0 saturated carbocycles. The minimum atomic E-state index is -0.174. The van der Waals surface area contributed by atoms with Crippen molar-refractivity contribution in [1.29, 1.82) is 0 Å². The van der Waals surface area contributed by atoms with Gasteiger partial charge in [-0.1, -0.05) is 0 Å². The molecular weight excluding hydrogens is 324 g/mol. The number of nitrogens with one attached hydrogen (secondary N) is 1. The molecule has 1 saturated heterocycles. The summed E-state index contributed by atoms with van der Waals surface area (Å²) in [5, 5.41) is 2.91. The van der Waals surface area contributed by atoms with Crippen molar-refractivity contribution >= 4 is 34.7 Å². The number of hydrogen-bond acceptors (Lipinski definition) is 7. The maximum absolute atomic E-state index is 12.4. The topological polar surface area (TPSA) is 74.2 Å². The smallest absolute Gasteiger partial charge is 0.267 e. The monoisotopic (exact) mass is 346 g/mol. The molecule has 1 aliphatic heterocycles. The van der Waals surface area contributed by atoms with Crippen molar-refractivity contribution in [2.75, 3.05) is 42.3 Å². The van der Waals surface area contributed by atoms with E-state index in [1.54, 1.807) is 11.7 Å². The highest BCUT2D eigenvalue weighted by Gasteiger charge is 2.19. The summed E-state index contributed by atoms with van der Waals surface area (Å²) in [5.41, 5.74) is 3.01. The van der Waals surface area contributed by atoms with Gasteiger partial charge < -0.3 is 15.1 Å². The van der Waals surface area contributed by atoms with Gasteiger partial charge in [-0.05, 0) is 26.2 Å². The third-order valence-corrected chi connectivity index (χ3v) is 4.95. The second kappa shape index (κ2) is 7.12. The van der Waals surface area contributed by atoms with Gasteiger partial charge in [0.15, 0.2) is 5.82 Å². The van der Waals surface area contributed by atoms with E-state index >= 15 is 0 Å². The van der Waals surface area contributed by atoms with Crippen LogP contribution < -0.4 is 15.1 Å². The molecule has 1 amide bonds. The molecule has 8 heteroatoms. The Labute approximate surface area is 145 Å². The van der Waals surface area contributed by atoms with Gasteiger partial charge >= 0.3 is 0 Å². The molecule has 1 N–H and O–H groups in total. The lowest BCUT2D eigenvalue weighted by molar-refractivity contribution is 0.102. The Bertz CT molecular complexity index is 723.